The summed E-state index contributed by atoms with van der Waals surface area (Å²) in [6, 6.07) is 4.47. The third-order valence-corrected chi connectivity index (χ3v) is 3.25. The Kier molecular flexibility index (Phi) is 2.85. The van der Waals surface area contributed by atoms with Crippen molar-refractivity contribution in [3.63, 3.8) is 0 Å². The first-order valence-corrected chi connectivity index (χ1v) is 5.73. The van der Waals surface area contributed by atoms with Gasteiger partial charge in [0, 0.05) is 17.8 Å². The number of nitrogens with zero attached hydrogens (tertiary/aromatic N) is 1. The first kappa shape index (κ1) is 9.70. The summed E-state index contributed by atoms with van der Waals surface area (Å²) in [6.07, 6.45) is 7.51. The molecule has 1 aromatic heterocycles. The first-order valence-electron chi connectivity index (χ1n) is 5.73. The molecule has 0 unspecified atom stereocenters. The summed E-state index contributed by atoms with van der Waals surface area (Å²) < 4.78 is 0. The Morgan fingerprint density at radius 2 is 1.93 bits per heavy atom. The number of pyridine rings is 1. The minimum Gasteiger partial charge on any atom is -0.261 e. The maximum atomic E-state index is 4.58. The molecule has 0 saturated heterocycles. The van der Waals surface area contributed by atoms with Gasteiger partial charge in [-0.1, -0.05) is 32.8 Å². The topological polar surface area (TPSA) is 12.9 Å². The van der Waals surface area contributed by atoms with Crippen LogP contribution in [0.25, 0.3) is 0 Å². The van der Waals surface area contributed by atoms with Gasteiger partial charge in [0.05, 0.1) is 0 Å². The Balaban J connectivity index is 2.12. The number of hydrogen-bond acceptors (Lipinski definition) is 1. The third-order valence-electron chi connectivity index (χ3n) is 3.25. The highest BCUT2D eigenvalue weighted by molar-refractivity contribution is 5.19. The molecule has 1 nitrogen and oxygen atoms in total. The summed E-state index contributed by atoms with van der Waals surface area (Å²) in [4.78, 5) is 4.58. The van der Waals surface area contributed by atoms with E-state index in [4.69, 9.17) is 0 Å². The van der Waals surface area contributed by atoms with Crippen molar-refractivity contribution in [3.8, 4) is 0 Å². The van der Waals surface area contributed by atoms with Gasteiger partial charge in [-0.3, -0.25) is 4.98 Å². The van der Waals surface area contributed by atoms with Gasteiger partial charge in [0.2, 0.25) is 0 Å². The van der Waals surface area contributed by atoms with Crippen LogP contribution in [0.1, 0.15) is 62.6 Å². The zero-order valence-corrected chi connectivity index (χ0v) is 9.16. The molecule has 0 N–H and O–H groups in total. The summed E-state index contributed by atoms with van der Waals surface area (Å²) >= 11 is 0. The average molecular weight is 189 g/mol. The predicted octanol–water partition coefficient (Wildman–Crippen LogP) is 3.86. The van der Waals surface area contributed by atoms with Crippen molar-refractivity contribution in [2.75, 3.05) is 0 Å². The van der Waals surface area contributed by atoms with Gasteiger partial charge in [-0.2, -0.15) is 0 Å². The van der Waals surface area contributed by atoms with Crippen molar-refractivity contribution in [2.45, 2.75) is 51.4 Å². The molecular formula is C13H19N. The van der Waals surface area contributed by atoms with Crippen molar-refractivity contribution in [2.24, 2.45) is 0 Å². The minimum atomic E-state index is 0.597. The molecule has 14 heavy (non-hydrogen) atoms. The van der Waals surface area contributed by atoms with E-state index in [1.54, 1.807) is 0 Å². The SMILES string of the molecule is CC(C)c1ccc(C2CCCC2)nc1. The van der Waals surface area contributed by atoms with E-state index in [2.05, 4.69) is 37.2 Å². The minimum absolute atomic E-state index is 0.597. The molecule has 0 aliphatic heterocycles. The van der Waals surface area contributed by atoms with E-state index < -0.39 is 0 Å². The highest BCUT2D eigenvalue weighted by atomic mass is 14.7. The predicted molar refractivity (Wildman–Crippen MR) is 59.5 cm³/mol. The zero-order chi connectivity index (χ0) is 9.97. The van der Waals surface area contributed by atoms with Crippen molar-refractivity contribution in [3.05, 3.63) is 29.6 Å². The highest BCUT2D eigenvalue weighted by Gasteiger charge is 2.17. The molecule has 0 bridgehead atoms. The van der Waals surface area contributed by atoms with E-state index in [0.29, 0.717) is 5.92 Å². The van der Waals surface area contributed by atoms with Crippen LogP contribution in [0.15, 0.2) is 18.3 Å². The normalized spacial score (nSPS) is 17.9. The summed E-state index contributed by atoms with van der Waals surface area (Å²) in [5, 5.41) is 0. The molecule has 0 radical (unpaired) electrons. The van der Waals surface area contributed by atoms with Crippen LogP contribution in [0.2, 0.25) is 0 Å². The van der Waals surface area contributed by atoms with Crippen LogP contribution in [0.5, 0.6) is 0 Å². The monoisotopic (exact) mass is 189 g/mol. The van der Waals surface area contributed by atoms with E-state index in [0.717, 1.165) is 5.92 Å². The van der Waals surface area contributed by atoms with Gasteiger partial charge in [-0.05, 0) is 30.4 Å². The second kappa shape index (κ2) is 4.12. The quantitative estimate of drug-likeness (QED) is 0.688. The largest absolute Gasteiger partial charge is 0.261 e. The van der Waals surface area contributed by atoms with E-state index in [-0.39, 0.29) is 0 Å². The summed E-state index contributed by atoms with van der Waals surface area (Å²) in [5.74, 6) is 1.34. The molecule has 76 valence electrons. The van der Waals surface area contributed by atoms with Gasteiger partial charge in [0.15, 0.2) is 0 Å². The molecule has 2 rings (SSSR count). The molecule has 1 aliphatic rings. The third kappa shape index (κ3) is 1.97. The van der Waals surface area contributed by atoms with Crippen LogP contribution < -0.4 is 0 Å². The van der Waals surface area contributed by atoms with E-state index >= 15 is 0 Å². The van der Waals surface area contributed by atoms with Crippen LogP contribution in [0, 0.1) is 0 Å². The summed E-state index contributed by atoms with van der Waals surface area (Å²) in [5.41, 5.74) is 2.67. The Hall–Kier alpha value is -0.850. The molecule has 0 spiro atoms. The Morgan fingerprint density at radius 3 is 2.43 bits per heavy atom. The molecule has 1 heterocycles. The summed E-state index contributed by atoms with van der Waals surface area (Å²) in [6.45, 7) is 4.43. The molecule has 1 fully saturated rings. The molecule has 1 aromatic rings. The lowest BCUT2D eigenvalue weighted by atomic mass is 10.0. The second-order valence-corrected chi connectivity index (χ2v) is 4.65. The number of hydrogen-bond donors (Lipinski definition) is 0. The van der Waals surface area contributed by atoms with E-state index in [1.165, 1.54) is 36.9 Å². The molecule has 0 amide bonds. The number of rotatable bonds is 2. The van der Waals surface area contributed by atoms with E-state index in [1.807, 2.05) is 0 Å². The average Bonchev–Trinajstić information content (AvgIpc) is 2.71. The fourth-order valence-corrected chi connectivity index (χ4v) is 2.22. The van der Waals surface area contributed by atoms with Crippen LogP contribution in [-0.2, 0) is 0 Å². The van der Waals surface area contributed by atoms with Crippen molar-refractivity contribution < 1.29 is 0 Å². The van der Waals surface area contributed by atoms with Crippen molar-refractivity contribution in [1.29, 1.82) is 0 Å². The lowest BCUT2D eigenvalue weighted by molar-refractivity contribution is 0.694. The van der Waals surface area contributed by atoms with Gasteiger partial charge >= 0.3 is 0 Å². The smallest absolute Gasteiger partial charge is 0.0434 e. The second-order valence-electron chi connectivity index (χ2n) is 4.65. The van der Waals surface area contributed by atoms with Crippen molar-refractivity contribution in [1.82, 2.24) is 4.98 Å². The Labute approximate surface area is 86.6 Å². The maximum Gasteiger partial charge on any atom is 0.0434 e. The molecule has 1 saturated carbocycles. The molecule has 1 heteroatoms. The lowest BCUT2D eigenvalue weighted by Crippen LogP contribution is -1.97. The maximum absolute atomic E-state index is 4.58. The van der Waals surface area contributed by atoms with Crippen molar-refractivity contribution >= 4 is 0 Å². The van der Waals surface area contributed by atoms with Gasteiger partial charge < -0.3 is 0 Å². The Bertz CT molecular complexity index is 281. The fraction of sp³-hybridized carbons (Fsp3) is 0.615. The summed E-state index contributed by atoms with van der Waals surface area (Å²) in [7, 11) is 0. The van der Waals surface area contributed by atoms with Crippen LogP contribution in [0.3, 0.4) is 0 Å². The Morgan fingerprint density at radius 1 is 1.21 bits per heavy atom. The first-order chi connectivity index (χ1) is 6.77. The molecular weight excluding hydrogens is 170 g/mol. The van der Waals surface area contributed by atoms with Gasteiger partial charge in [-0.15, -0.1) is 0 Å². The van der Waals surface area contributed by atoms with Crippen LogP contribution >= 0.6 is 0 Å². The lowest BCUT2D eigenvalue weighted by Gasteiger charge is -2.10. The van der Waals surface area contributed by atoms with Gasteiger partial charge in [-0.25, -0.2) is 0 Å². The van der Waals surface area contributed by atoms with Crippen LogP contribution in [0.4, 0.5) is 0 Å². The van der Waals surface area contributed by atoms with E-state index in [9.17, 15) is 0 Å². The zero-order valence-electron chi connectivity index (χ0n) is 9.16. The number of aromatic nitrogens is 1. The fourth-order valence-electron chi connectivity index (χ4n) is 2.22. The van der Waals surface area contributed by atoms with Gasteiger partial charge in [0.25, 0.3) is 0 Å². The standard InChI is InChI=1S/C13H19N/c1-10(2)12-7-8-13(14-9-12)11-5-3-4-6-11/h7-11H,3-6H2,1-2H3. The molecule has 1 aliphatic carbocycles. The molecule has 0 atom stereocenters. The molecule has 0 aromatic carbocycles. The van der Waals surface area contributed by atoms with Gasteiger partial charge in [0.1, 0.15) is 0 Å². The van der Waals surface area contributed by atoms with Crippen LogP contribution in [-0.4, -0.2) is 4.98 Å². The highest BCUT2D eigenvalue weighted by Crippen LogP contribution is 2.33.